The maximum Gasteiger partial charge on any atom is 0.114 e. The molecule has 0 unspecified atom stereocenters. The van der Waals surface area contributed by atoms with Crippen LogP contribution in [0.3, 0.4) is 0 Å². The predicted octanol–water partition coefficient (Wildman–Crippen LogP) is 3.13. The summed E-state index contributed by atoms with van der Waals surface area (Å²) in [5.41, 5.74) is 2.60. The highest BCUT2D eigenvalue weighted by molar-refractivity contribution is 7.99. The molecule has 0 aliphatic heterocycles. The third-order valence-electron chi connectivity index (χ3n) is 2.27. The van der Waals surface area contributed by atoms with E-state index in [0.29, 0.717) is 5.56 Å². The fraction of sp³-hybridized carbons (Fsp3) is 0.154. The van der Waals surface area contributed by atoms with Gasteiger partial charge < -0.3 is 0 Å². The van der Waals surface area contributed by atoms with Crippen molar-refractivity contribution in [3.63, 3.8) is 0 Å². The Bertz CT molecular complexity index is 546. The van der Waals surface area contributed by atoms with Crippen LogP contribution in [0.15, 0.2) is 41.8 Å². The van der Waals surface area contributed by atoms with E-state index in [9.17, 15) is 0 Å². The Morgan fingerprint density at radius 3 is 2.71 bits per heavy atom. The van der Waals surface area contributed by atoms with Crippen molar-refractivity contribution < 1.29 is 0 Å². The molecule has 4 heteroatoms. The van der Waals surface area contributed by atoms with Crippen LogP contribution >= 0.6 is 11.8 Å². The molecule has 0 aliphatic carbocycles. The lowest BCUT2D eigenvalue weighted by Crippen LogP contribution is -1.89. The van der Waals surface area contributed by atoms with Crippen molar-refractivity contribution in [1.29, 1.82) is 5.26 Å². The second-order valence-corrected chi connectivity index (χ2v) is 4.61. The van der Waals surface area contributed by atoms with Crippen LogP contribution in [-0.2, 0) is 0 Å². The van der Waals surface area contributed by atoms with Gasteiger partial charge in [-0.2, -0.15) is 5.26 Å². The SMILES string of the molecule is CCSc1ncc(-c2ccncc2)cc1C#N. The first-order valence-corrected chi connectivity index (χ1v) is 6.27. The highest BCUT2D eigenvalue weighted by Gasteiger charge is 2.06. The molecule has 0 saturated carbocycles. The number of nitriles is 1. The number of rotatable bonds is 3. The van der Waals surface area contributed by atoms with Crippen molar-refractivity contribution in [3.05, 3.63) is 42.4 Å². The van der Waals surface area contributed by atoms with Crippen LogP contribution in [0.4, 0.5) is 0 Å². The van der Waals surface area contributed by atoms with Gasteiger partial charge in [0.25, 0.3) is 0 Å². The number of thioether (sulfide) groups is 1. The van der Waals surface area contributed by atoms with E-state index in [1.807, 2.05) is 25.1 Å². The zero-order valence-corrected chi connectivity index (χ0v) is 10.2. The minimum atomic E-state index is 0.631. The van der Waals surface area contributed by atoms with Crippen LogP contribution in [0.5, 0.6) is 0 Å². The van der Waals surface area contributed by atoms with Crippen LogP contribution < -0.4 is 0 Å². The van der Waals surface area contributed by atoms with Crippen molar-refractivity contribution in [1.82, 2.24) is 9.97 Å². The highest BCUT2D eigenvalue weighted by Crippen LogP contribution is 2.25. The first-order valence-electron chi connectivity index (χ1n) is 5.28. The van der Waals surface area contributed by atoms with E-state index in [1.54, 1.807) is 30.4 Å². The van der Waals surface area contributed by atoms with Gasteiger partial charge in [0.2, 0.25) is 0 Å². The summed E-state index contributed by atoms with van der Waals surface area (Å²) in [6, 6.07) is 7.88. The van der Waals surface area contributed by atoms with Crippen LogP contribution in [0.1, 0.15) is 12.5 Å². The lowest BCUT2D eigenvalue weighted by molar-refractivity contribution is 1.11. The van der Waals surface area contributed by atoms with E-state index in [0.717, 1.165) is 21.9 Å². The van der Waals surface area contributed by atoms with Crippen LogP contribution in [0.25, 0.3) is 11.1 Å². The van der Waals surface area contributed by atoms with Crippen LogP contribution in [0.2, 0.25) is 0 Å². The molecule has 0 N–H and O–H groups in total. The second-order valence-electron chi connectivity index (χ2n) is 3.36. The zero-order chi connectivity index (χ0) is 12.1. The molecule has 17 heavy (non-hydrogen) atoms. The lowest BCUT2D eigenvalue weighted by Gasteiger charge is -2.04. The van der Waals surface area contributed by atoms with Crippen molar-refractivity contribution in [2.45, 2.75) is 11.9 Å². The van der Waals surface area contributed by atoms with Crippen molar-refractivity contribution in [2.75, 3.05) is 5.75 Å². The molecular weight excluding hydrogens is 230 g/mol. The molecular formula is C13H11N3S. The topological polar surface area (TPSA) is 49.6 Å². The number of hydrogen-bond donors (Lipinski definition) is 0. The van der Waals surface area contributed by atoms with E-state index >= 15 is 0 Å². The van der Waals surface area contributed by atoms with Gasteiger partial charge in [0.15, 0.2) is 0 Å². The van der Waals surface area contributed by atoms with Gasteiger partial charge in [0.05, 0.1) is 5.56 Å². The van der Waals surface area contributed by atoms with Gasteiger partial charge in [-0.25, -0.2) is 4.98 Å². The normalized spacial score (nSPS) is 9.88. The summed E-state index contributed by atoms with van der Waals surface area (Å²) in [4.78, 5) is 8.31. The van der Waals surface area contributed by atoms with E-state index in [1.165, 1.54) is 0 Å². The Hall–Kier alpha value is -1.86. The molecule has 0 spiro atoms. The van der Waals surface area contributed by atoms with Crippen LogP contribution in [-0.4, -0.2) is 15.7 Å². The minimum Gasteiger partial charge on any atom is -0.265 e. The molecule has 3 nitrogen and oxygen atoms in total. The molecule has 0 fully saturated rings. The summed E-state index contributed by atoms with van der Waals surface area (Å²) in [5.74, 6) is 0.913. The summed E-state index contributed by atoms with van der Waals surface area (Å²) in [6.45, 7) is 2.05. The Morgan fingerprint density at radius 1 is 1.29 bits per heavy atom. The average Bonchev–Trinajstić information content (AvgIpc) is 2.40. The van der Waals surface area contributed by atoms with Gasteiger partial charge in [-0.3, -0.25) is 4.98 Å². The van der Waals surface area contributed by atoms with Crippen molar-refractivity contribution >= 4 is 11.8 Å². The Labute approximate surface area is 105 Å². The molecule has 2 aromatic rings. The highest BCUT2D eigenvalue weighted by atomic mass is 32.2. The fourth-order valence-electron chi connectivity index (χ4n) is 1.49. The van der Waals surface area contributed by atoms with Crippen LogP contribution in [0, 0.1) is 11.3 Å². The number of nitrogens with zero attached hydrogens (tertiary/aromatic N) is 3. The number of aromatic nitrogens is 2. The third-order valence-corrected chi connectivity index (χ3v) is 3.15. The maximum atomic E-state index is 9.10. The molecule has 0 aromatic carbocycles. The van der Waals surface area contributed by atoms with Gasteiger partial charge in [0, 0.05) is 24.2 Å². The Morgan fingerprint density at radius 2 is 2.06 bits per heavy atom. The summed E-state index contributed by atoms with van der Waals surface area (Å²) in [7, 11) is 0. The van der Waals surface area contributed by atoms with Crippen molar-refractivity contribution in [3.8, 4) is 17.2 Å². The summed E-state index contributed by atoms with van der Waals surface area (Å²) < 4.78 is 0. The molecule has 0 atom stereocenters. The first kappa shape index (κ1) is 11.6. The average molecular weight is 241 g/mol. The first-order chi connectivity index (χ1) is 8.35. The van der Waals surface area contributed by atoms with E-state index in [4.69, 9.17) is 5.26 Å². The number of pyridine rings is 2. The minimum absolute atomic E-state index is 0.631. The molecule has 84 valence electrons. The van der Waals surface area contributed by atoms with Crippen molar-refractivity contribution in [2.24, 2.45) is 0 Å². The number of hydrogen-bond acceptors (Lipinski definition) is 4. The van der Waals surface area contributed by atoms with Gasteiger partial charge in [-0.05, 0) is 29.5 Å². The lowest BCUT2D eigenvalue weighted by atomic mass is 10.1. The molecule has 2 aromatic heterocycles. The Balaban J connectivity index is 2.43. The van der Waals surface area contributed by atoms with Gasteiger partial charge in [-0.1, -0.05) is 6.92 Å². The van der Waals surface area contributed by atoms with E-state index in [-0.39, 0.29) is 0 Å². The molecule has 2 heterocycles. The molecule has 0 amide bonds. The summed E-state index contributed by atoms with van der Waals surface area (Å²) in [6.07, 6.45) is 5.26. The molecule has 2 rings (SSSR count). The summed E-state index contributed by atoms with van der Waals surface area (Å²) >= 11 is 1.58. The summed E-state index contributed by atoms with van der Waals surface area (Å²) in [5, 5.41) is 9.90. The molecule has 0 radical (unpaired) electrons. The zero-order valence-electron chi connectivity index (χ0n) is 9.42. The van der Waals surface area contributed by atoms with E-state index in [2.05, 4.69) is 16.0 Å². The second kappa shape index (κ2) is 5.46. The standard InChI is InChI=1S/C13H11N3S/c1-2-17-13-11(8-14)7-12(9-16-13)10-3-5-15-6-4-10/h3-7,9H,2H2,1H3. The quantitative estimate of drug-likeness (QED) is 0.775. The smallest absolute Gasteiger partial charge is 0.114 e. The molecule has 0 aliphatic rings. The largest absolute Gasteiger partial charge is 0.265 e. The fourth-order valence-corrected chi connectivity index (χ4v) is 2.15. The third kappa shape index (κ3) is 2.63. The monoisotopic (exact) mass is 241 g/mol. The molecule has 0 bridgehead atoms. The molecule has 0 saturated heterocycles. The van der Waals surface area contributed by atoms with E-state index < -0.39 is 0 Å². The van der Waals surface area contributed by atoms with Gasteiger partial charge in [-0.15, -0.1) is 11.8 Å². The van der Waals surface area contributed by atoms with Gasteiger partial charge in [0.1, 0.15) is 11.1 Å². The van der Waals surface area contributed by atoms with Gasteiger partial charge >= 0.3 is 0 Å². The Kier molecular flexibility index (Phi) is 3.73. The predicted molar refractivity (Wildman–Crippen MR) is 68.6 cm³/mol. The maximum absolute atomic E-state index is 9.10.